The van der Waals surface area contributed by atoms with Gasteiger partial charge in [0.15, 0.2) is 0 Å². The first kappa shape index (κ1) is 15.2. The van der Waals surface area contributed by atoms with Crippen LogP contribution in [0.2, 0.25) is 0 Å². The zero-order valence-electron chi connectivity index (χ0n) is 12.8. The highest BCUT2D eigenvalue weighted by Crippen LogP contribution is 2.41. The fourth-order valence-electron chi connectivity index (χ4n) is 3.27. The number of nitro groups is 1. The first-order valence-corrected chi connectivity index (χ1v) is 7.34. The lowest BCUT2D eigenvalue weighted by molar-refractivity contribution is -0.384. The Morgan fingerprint density at radius 3 is 2.74 bits per heavy atom. The van der Waals surface area contributed by atoms with Crippen molar-refractivity contribution in [1.82, 2.24) is 10.6 Å². The molecule has 0 bridgehead atoms. The van der Waals surface area contributed by atoms with E-state index in [4.69, 9.17) is 0 Å². The maximum atomic E-state index is 12.6. The van der Waals surface area contributed by atoms with Gasteiger partial charge < -0.3 is 10.6 Å². The van der Waals surface area contributed by atoms with Crippen LogP contribution in [0.25, 0.3) is 0 Å². The second kappa shape index (κ2) is 5.19. The normalized spacial score (nSPS) is 25.7. The zero-order chi connectivity index (χ0) is 16.8. The summed E-state index contributed by atoms with van der Waals surface area (Å²) in [6.07, 6.45) is 2.27. The summed E-state index contributed by atoms with van der Waals surface area (Å²) in [5.74, 6) is -0.528. The molecule has 120 valence electrons. The lowest BCUT2D eigenvalue weighted by Gasteiger charge is -2.40. The SMILES string of the molecule is CC1(C)C=C2NC(=O)N[C@@H](c3cccc([N+](=O)[O-])c3)[C@@H]2C(=O)C1. The van der Waals surface area contributed by atoms with Crippen LogP contribution in [0.1, 0.15) is 31.9 Å². The molecule has 7 nitrogen and oxygen atoms in total. The first-order chi connectivity index (χ1) is 10.8. The van der Waals surface area contributed by atoms with Gasteiger partial charge in [0, 0.05) is 24.3 Å². The number of nitrogens with zero attached hydrogens (tertiary/aromatic N) is 1. The first-order valence-electron chi connectivity index (χ1n) is 7.34. The minimum absolute atomic E-state index is 0.0107. The number of hydrogen-bond donors (Lipinski definition) is 2. The van der Waals surface area contributed by atoms with Gasteiger partial charge in [0.1, 0.15) is 5.78 Å². The third-order valence-electron chi connectivity index (χ3n) is 4.18. The van der Waals surface area contributed by atoms with Gasteiger partial charge in [-0.1, -0.05) is 32.1 Å². The molecule has 2 N–H and O–H groups in total. The van der Waals surface area contributed by atoms with E-state index in [1.807, 2.05) is 19.9 Å². The van der Waals surface area contributed by atoms with Crippen LogP contribution in [0.3, 0.4) is 0 Å². The van der Waals surface area contributed by atoms with Crippen molar-refractivity contribution in [2.75, 3.05) is 0 Å². The molecule has 1 aromatic rings. The topological polar surface area (TPSA) is 101 Å². The predicted molar refractivity (Wildman–Crippen MR) is 82.5 cm³/mol. The minimum atomic E-state index is -0.599. The molecule has 1 aromatic carbocycles. The molecule has 23 heavy (non-hydrogen) atoms. The second-order valence-electron chi connectivity index (χ2n) is 6.64. The van der Waals surface area contributed by atoms with Gasteiger partial charge in [-0.15, -0.1) is 0 Å². The fraction of sp³-hybridized carbons (Fsp3) is 0.375. The number of rotatable bonds is 2. The van der Waals surface area contributed by atoms with Crippen LogP contribution in [0, 0.1) is 21.4 Å². The fourth-order valence-corrected chi connectivity index (χ4v) is 3.27. The number of amides is 2. The van der Waals surface area contributed by atoms with Crippen LogP contribution in [0.5, 0.6) is 0 Å². The Labute approximate surface area is 132 Å². The standard InChI is InChI=1S/C16H17N3O4/c1-16(2)7-11-13(12(20)8-16)14(18-15(21)17-11)9-4-3-5-10(6-9)19(22)23/h3-7,13-14H,8H2,1-2H3,(H2,17,18,21)/t13-,14-/m0/s1. The van der Waals surface area contributed by atoms with Gasteiger partial charge in [-0.2, -0.15) is 0 Å². The summed E-state index contributed by atoms with van der Waals surface area (Å²) in [7, 11) is 0. The number of Topliss-reactive ketones (excluding diaryl/α,β-unsaturated/α-hetero) is 1. The number of fused-ring (bicyclic) bond motifs is 1. The van der Waals surface area contributed by atoms with E-state index in [0.717, 1.165) is 0 Å². The molecule has 1 saturated heterocycles. The number of allylic oxidation sites excluding steroid dienone is 1. The highest BCUT2D eigenvalue weighted by atomic mass is 16.6. The Bertz CT molecular complexity index is 739. The van der Waals surface area contributed by atoms with Gasteiger partial charge in [0.2, 0.25) is 0 Å². The number of nitrogens with one attached hydrogen (secondary N) is 2. The van der Waals surface area contributed by atoms with Gasteiger partial charge in [0.05, 0.1) is 16.9 Å². The number of hydrogen-bond acceptors (Lipinski definition) is 4. The second-order valence-corrected chi connectivity index (χ2v) is 6.64. The number of non-ortho nitro benzene ring substituents is 1. The van der Waals surface area contributed by atoms with E-state index < -0.39 is 22.9 Å². The predicted octanol–water partition coefficient (Wildman–Crippen LogP) is 2.45. The van der Waals surface area contributed by atoms with E-state index in [1.165, 1.54) is 12.1 Å². The average molecular weight is 315 g/mol. The molecule has 0 spiro atoms. The molecular weight excluding hydrogens is 298 g/mol. The number of carbonyl (C=O) groups is 2. The third-order valence-corrected chi connectivity index (χ3v) is 4.18. The van der Waals surface area contributed by atoms with Gasteiger partial charge in [-0.25, -0.2) is 4.79 Å². The monoisotopic (exact) mass is 315 g/mol. The van der Waals surface area contributed by atoms with E-state index >= 15 is 0 Å². The number of urea groups is 1. The van der Waals surface area contributed by atoms with Crippen LogP contribution in [-0.2, 0) is 4.79 Å². The summed E-state index contributed by atoms with van der Waals surface area (Å²) < 4.78 is 0. The molecule has 3 rings (SSSR count). The van der Waals surface area contributed by atoms with Gasteiger partial charge in [-0.05, 0) is 11.0 Å². The minimum Gasteiger partial charge on any atom is -0.330 e. The Hall–Kier alpha value is -2.70. The van der Waals surface area contributed by atoms with E-state index in [0.29, 0.717) is 17.7 Å². The molecule has 0 aromatic heterocycles. The molecule has 0 saturated carbocycles. The Kier molecular flexibility index (Phi) is 3.43. The number of nitro benzene ring substituents is 1. The highest BCUT2D eigenvalue weighted by molar-refractivity contribution is 5.91. The van der Waals surface area contributed by atoms with Crippen molar-refractivity contribution in [3.05, 3.63) is 51.7 Å². The number of ketones is 1. The van der Waals surface area contributed by atoms with E-state index in [9.17, 15) is 19.7 Å². The molecule has 1 fully saturated rings. The van der Waals surface area contributed by atoms with Crippen molar-refractivity contribution >= 4 is 17.5 Å². The largest absolute Gasteiger partial charge is 0.330 e. The highest BCUT2D eigenvalue weighted by Gasteiger charge is 2.43. The molecule has 7 heteroatoms. The van der Waals surface area contributed by atoms with Crippen molar-refractivity contribution in [1.29, 1.82) is 0 Å². The molecule has 1 heterocycles. The zero-order valence-corrected chi connectivity index (χ0v) is 12.8. The van der Waals surface area contributed by atoms with E-state index in [1.54, 1.807) is 12.1 Å². The third kappa shape index (κ3) is 2.81. The van der Waals surface area contributed by atoms with Gasteiger partial charge in [-0.3, -0.25) is 14.9 Å². The van der Waals surface area contributed by atoms with Crippen LogP contribution >= 0.6 is 0 Å². The van der Waals surface area contributed by atoms with Crippen LogP contribution in [0.4, 0.5) is 10.5 Å². The number of benzene rings is 1. The Morgan fingerprint density at radius 2 is 2.04 bits per heavy atom. The molecule has 1 aliphatic carbocycles. The molecule has 2 aliphatic rings. The Balaban J connectivity index is 2.05. The summed E-state index contributed by atoms with van der Waals surface area (Å²) in [5.41, 5.74) is 0.745. The molecule has 0 unspecified atom stereocenters. The summed E-state index contributed by atoms with van der Waals surface area (Å²) in [6.45, 7) is 3.87. The van der Waals surface area contributed by atoms with Crippen molar-refractivity contribution < 1.29 is 14.5 Å². The lowest BCUT2D eigenvalue weighted by atomic mass is 9.72. The lowest BCUT2D eigenvalue weighted by Crippen LogP contribution is -2.53. The molecule has 1 aliphatic heterocycles. The van der Waals surface area contributed by atoms with Crippen molar-refractivity contribution in [3.8, 4) is 0 Å². The van der Waals surface area contributed by atoms with Gasteiger partial charge in [0.25, 0.3) is 5.69 Å². The summed E-state index contributed by atoms with van der Waals surface area (Å²) in [5, 5.41) is 16.4. The molecule has 2 atom stereocenters. The number of carbonyl (C=O) groups excluding carboxylic acids is 2. The van der Waals surface area contributed by atoms with Crippen LogP contribution in [0.15, 0.2) is 36.0 Å². The summed E-state index contributed by atoms with van der Waals surface area (Å²) in [4.78, 5) is 35.0. The summed E-state index contributed by atoms with van der Waals surface area (Å²) in [6, 6.07) is 5.03. The van der Waals surface area contributed by atoms with Crippen molar-refractivity contribution in [2.45, 2.75) is 26.3 Å². The van der Waals surface area contributed by atoms with Crippen molar-refractivity contribution in [2.24, 2.45) is 11.3 Å². The van der Waals surface area contributed by atoms with E-state index in [2.05, 4.69) is 10.6 Å². The van der Waals surface area contributed by atoms with Crippen LogP contribution < -0.4 is 10.6 Å². The maximum Gasteiger partial charge on any atom is 0.319 e. The van der Waals surface area contributed by atoms with Gasteiger partial charge >= 0.3 is 6.03 Å². The molecular formula is C16H17N3O4. The average Bonchev–Trinajstić information content (AvgIpc) is 2.44. The van der Waals surface area contributed by atoms with Crippen LogP contribution in [-0.4, -0.2) is 16.7 Å². The maximum absolute atomic E-state index is 12.6. The molecule has 2 amide bonds. The summed E-state index contributed by atoms with van der Waals surface area (Å²) >= 11 is 0. The Morgan fingerprint density at radius 1 is 1.30 bits per heavy atom. The smallest absolute Gasteiger partial charge is 0.319 e. The molecule has 0 radical (unpaired) electrons. The van der Waals surface area contributed by atoms with Crippen molar-refractivity contribution in [3.63, 3.8) is 0 Å². The quantitative estimate of drug-likeness (QED) is 0.646. The van der Waals surface area contributed by atoms with E-state index in [-0.39, 0.29) is 16.9 Å².